The molecule has 4 saturated carbocycles. The fourth-order valence-corrected chi connectivity index (χ4v) is 6.48. The molecular formula is C24H23N5O2. The summed E-state index contributed by atoms with van der Waals surface area (Å²) in [7, 11) is 0. The van der Waals surface area contributed by atoms with E-state index in [1.807, 2.05) is 30.5 Å². The van der Waals surface area contributed by atoms with Crippen LogP contribution >= 0.6 is 0 Å². The Hall–Kier alpha value is -3.37. The Morgan fingerprint density at radius 2 is 2.16 bits per heavy atom. The number of aromatic nitrogens is 2. The summed E-state index contributed by atoms with van der Waals surface area (Å²) in [4.78, 5) is 12.2. The highest BCUT2D eigenvalue weighted by Crippen LogP contribution is 2.61. The van der Waals surface area contributed by atoms with Gasteiger partial charge in [0.25, 0.3) is 5.91 Å². The molecule has 5 unspecified atom stereocenters. The van der Waals surface area contributed by atoms with E-state index in [4.69, 9.17) is 5.73 Å². The second-order valence-corrected chi connectivity index (χ2v) is 9.43. The second kappa shape index (κ2) is 6.32. The number of anilines is 1. The van der Waals surface area contributed by atoms with Crippen molar-refractivity contribution < 1.29 is 9.90 Å². The van der Waals surface area contributed by atoms with E-state index < -0.39 is 11.5 Å². The smallest absolute Gasteiger partial charge is 0.252 e. The Kier molecular flexibility index (Phi) is 3.75. The molecule has 4 fully saturated rings. The van der Waals surface area contributed by atoms with E-state index in [-0.39, 0.29) is 12.0 Å². The molecule has 2 aromatic heterocycles. The van der Waals surface area contributed by atoms with Crippen molar-refractivity contribution >= 4 is 17.1 Å². The molecule has 0 aliphatic heterocycles. The number of rotatable bonds is 4. The number of nitriles is 1. The fourth-order valence-electron chi connectivity index (χ4n) is 6.48. The maximum atomic E-state index is 12.2. The number of hydrogen-bond donors (Lipinski definition) is 3. The predicted molar refractivity (Wildman–Crippen MR) is 115 cm³/mol. The molecule has 0 spiro atoms. The van der Waals surface area contributed by atoms with Crippen molar-refractivity contribution in [2.45, 2.75) is 37.3 Å². The molecule has 1 amide bonds. The van der Waals surface area contributed by atoms with Gasteiger partial charge >= 0.3 is 0 Å². The third-order valence-electron chi connectivity index (χ3n) is 7.65. The number of nitrogens with two attached hydrogens (primary N) is 1. The van der Waals surface area contributed by atoms with Crippen molar-refractivity contribution in [3.63, 3.8) is 0 Å². The molecule has 3 aromatic rings. The molecule has 5 atom stereocenters. The normalized spacial score (nSPS) is 30.6. The van der Waals surface area contributed by atoms with Crippen molar-refractivity contribution in [2.75, 3.05) is 5.32 Å². The Bertz CT molecular complexity index is 1270. The minimum Gasteiger partial charge on any atom is -0.389 e. The van der Waals surface area contributed by atoms with Crippen LogP contribution in [0.1, 0.15) is 41.6 Å². The van der Waals surface area contributed by atoms with Gasteiger partial charge < -0.3 is 16.2 Å². The lowest BCUT2D eigenvalue weighted by Gasteiger charge is -2.33. The molecule has 1 aromatic carbocycles. The zero-order valence-electron chi connectivity index (χ0n) is 17.0. The molecule has 31 heavy (non-hydrogen) atoms. The zero-order valence-corrected chi connectivity index (χ0v) is 17.0. The van der Waals surface area contributed by atoms with Crippen molar-refractivity contribution in [1.82, 2.24) is 9.61 Å². The van der Waals surface area contributed by atoms with Crippen LogP contribution in [0.4, 0.5) is 5.69 Å². The highest BCUT2D eigenvalue weighted by Gasteiger charge is 2.62. The van der Waals surface area contributed by atoms with Gasteiger partial charge in [-0.1, -0.05) is 12.1 Å². The van der Waals surface area contributed by atoms with E-state index in [2.05, 4.69) is 16.5 Å². The first-order valence-corrected chi connectivity index (χ1v) is 10.8. The molecule has 156 valence electrons. The highest BCUT2D eigenvalue weighted by molar-refractivity contribution is 6.02. The van der Waals surface area contributed by atoms with Gasteiger partial charge in [0.2, 0.25) is 0 Å². The van der Waals surface area contributed by atoms with E-state index in [0.29, 0.717) is 28.7 Å². The molecule has 4 bridgehead atoms. The maximum absolute atomic E-state index is 12.2. The standard InChI is InChI=1S/C24H23N5O2/c25-10-13-2-1-3-15(4-13)17-7-20-22(18(23(26)30)11-27-29(20)12-17)28-21-16-5-14-6-19(21)24(31,8-14)9-16/h1-4,7,11-12,14,16,19,21,28,31H,5-6,8-9H2,(H2,26,30). The van der Waals surface area contributed by atoms with Gasteiger partial charge in [0, 0.05) is 23.7 Å². The van der Waals surface area contributed by atoms with E-state index >= 15 is 0 Å². The van der Waals surface area contributed by atoms with Gasteiger partial charge in [-0.05, 0) is 61.3 Å². The molecular weight excluding hydrogens is 390 g/mol. The van der Waals surface area contributed by atoms with Crippen molar-refractivity contribution in [1.29, 1.82) is 5.26 Å². The molecule has 4 N–H and O–H groups in total. The average molecular weight is 413 g/mol. The molecule has 0 radical (unpaired) electrons. The number of nitrogens with zero attached hydrogens (tertiary/aromatic N) is 3. The van der Waals surface area contributed by atoms with Crippen LogP contribution in [0, 0.1) is 29.1 Å². The van der Waals surface area contributed by atoms with E-state index in [0.717, 1.165) is 42.3 Å². The average Bonchev–Trinajstić information content (AvgIpc) is 3.34. The van der Waals surface area contributed by atoms with Gasteiger partial charge in [-0.3, -0.25) is 4.79 Å². The Balaban J connectivity index is 1.45. The first-order valence-electron chi connectivity index (χ1n) is 10.8. The number of nitrogens with one attached hydrogen (secondary N) is 1. The third-order valence-corrected chi connectivity index (χ3v) is 7.65. The summed E-state index contributed by atoms with van der Waals surface area (Å²) in [6.45, 7) is 0. The number of benzene rings is 1. The molecule has 7 nitrogen and oxygen atoms in total. The zero-order chi connectivity index (χ0) is 21.3. The summed E-state index contributed by atoms with van der Waals surface area (Å²) in [5, 5.41) is 28.4. The van der Waals surface area contributed by atoms with E-state index in [1.165, 1.54) is 6.20 Å². The summed E-state index contributed by atoms with van der Waals surface area (Å²) in [5.74, 6) is 0.690. The van der Waals surface area contributed by atoms with Crippen LogP contribution in [0.15, 0.2) is 42.7 Å². The SMILES string of the molecule is N#Cc1cccc(-c2cc3c(NC4C5CC6CC4C(O)(C6)C5)c(C(N)=O)cnn3c2)c1. The van der Waals surface area contributed by atoms with Crippen LogP contribution in [0.3, 0.4) is 0 Å². The number of hydrogen-bond acceptors (Lipinski definition) is 5. The number of carbonyl (C=O) groups is 1. The maximum Gasteiger partial charge on any atom is 0.252 e. The molecule has 4 aliphatic rings. The summed E-state index contributed by atoms with van der Waals surface area (Å²) in [5.41, 5.74) is 9.31. The van der Waals surface area contributed by atoms with Gasteiger partial charge in [-0.15, -0.1) is 0 Å². The van der Waals surface area contributed by atoms with Gasteiger partial charge in [-0.2, -0.15) is 10.4 Å². The predicted octanol–water partition coefficient (Wildman–Crippen LogP) is 2.93. The second-order valence-electron chi connectivity index (χ2n) is 9.43. The minimum atomic E-state index is -0.577. The Morgan fingerprint density at radius 3 is 2.94 bits per heavy atom. The lowest BCUT2D eigenvalue weighted by molar-refractivity contribution is 0.00989. The largest absolute Gasteiger partial charge is 0.389 e. The first kappa shape index (κ1) is 18.4. The summed E-state index contributed by atoms with van der Waals surface area (Å²) in [6, 6.07) is 11.7. The molecule has 4 aliphatic carbocycles. The van der Waals surface area contributed by atoms with Crippen LogP contribution in [0.5, 0.6) is 0 Å². The highest BCUT2D eigenvalue weighted by atomic mass is 16.3. The van der Waals surface area contributed by atoms with Crippen LogP contribution in [0.2, 0.25) is 0 Å². The summed E-state index contributed by atoms with van der Waals surface area (Å²) in [6.07, 6.45) is 7.27. The first-order chi connectivity index (χ1) is 14.9. The van der Waals surface area contributed by atoms with Crippen LogP contribution in [0.25, 0.3) is 16.6 Å². The molecule has 7 rings (SSSR count). The quantitative estimate of drug-likeness (QED) is 0.608. The van der Waals surface area contributed by atoms with Crippen molar-refractivity contribution in [3.8, 4) is 17.2 Å². The number of amides is 1. The minimum absolute atomic E-state index is 0.119. The molecule has 7 heteroatoms. The molecule has 0 saturated heterocycles. The van der Waals surface area contributed by atoms with Gasteiger partial charge in [0.05, 0.1) is 40.2 Å². The van der Waals surface area contributed by atoms with Crippen LogP contribution in [-0.2, 0) is 0 Å². The van der Waals surface area contributed by atoms with E-state index in [1.54, 1.807) is 10.6 Å². The van der Waals surface area contributed by atoms with Gasteiger partial charge in [-0.25, -0.2) is 4.52 Å². The number of primary amides is 1. The summed E-state index contributed by atoms with van der Waals surface area (Å²) < 4.78 is 1.74. The van der Waals surface area contributed by atoms with Gasteiger partial charge in [0.15, 0.2) is 0 Å². The van der Waals surface area contributed by atoms with Gasteiger partial charge in [0.1, 0.15) is 0 Å². The number of fused-ring (bicyclic) bond motifs is 1. The topological polar surface area (TPSA) is 116 Å². The lowest BCUT2D eigenvalue weighted by atomic mass is 9.79. The lowest BCUT2D eigenvalue weighted by Crippen LogP contribution is -2.37. The third kappa shape index (κ3) is 2.68. The Morgan fingerprint density at radius 1 is 1.29 bits per heavy atom. The molecule has 2 heterocycles. The monoisotopic (exact) mass is 413 g/mol. The van der Waals surface area contributed by atoms with Crippen LogP contribution < -0.4 is 11.1 Å². The van der Waals surface area contributed by atoms with Crippen molar-refractivity contribution in [2.24, 2.45) is 23.5 Å². The van der Waals surface area contributed by atoms with Crippen molar-refractivity contribution in [3.05, 3.63) is 53.9 Å². The Labute approximate surface area is 179 Å². The number of carbonyl (C=O) groups excluding carboxylic acids is 1. The van der Waals surface area contributed by atoms with E-state index in [9.17, 15) is 15.2 Å². The summed E-state index contributed by atoms with van der Waals surface area (Å²) >= 11 is 0. The number of aliphatic hydroxyl groups is 1. The fraction of sp³-hybridized carbons (Fsp3) is 0.375. The van der Waals surface area contributed by atoms with Crippen LogP contribution in [-0.4, -0.2) is 32.3 Å².